The van der Waals surface area contributed by atoms with Crippen LogP contribution in [0.1, 0.15) is 20.8 Å². The fourth-order valence-corrected chi connectivity index (χ4v) is 2.51. The van der Waals surface area contributed by atoms with Crippen LogP contribution in [0.15, 0.2) is 60.7 Å². The van der Waals surface area contributed by atoms with E-state index < -0.39 is 15.9 Å². The van der Waals surface area contributed by atoms with Gasteiger partial charge in [0.25, 0.3) is 0 Å². The van der Waals surface area contributed by atoms with Crippen molar-refractivity contribution in [3.63, 3.8) is 0 Å². The first-order valence-electron chi connectivity index (χ1n) is 7.63. The van der Waals surface area contributed by atoms with Crippen LogP contribution in [-0.4, -0.2) is 29.2 Å². The van der Waals surface area contributed by atoms with E-state index in [-0.39, 0.29) is 5.96 Å². The Kier molecular flexibility index (Phi) is 5.66. The lowest BCUT2D eigenvalue weighted by molar-refractivity contribution is -0.793. The lowest BCUT2D eigenvalue weighted by Crippen LogP contribution is -2.45. The Morgan fingerprint density at radius 1 is 0.920 bits per heavy atom. The summed E-state index contributed by atoms with van der Waals surface area (Å²) >= 11 is 0. The Bertz CT molecular complexity index is 786. The highest BCUT2D eigenvalue weighted by Gasteiger charge is 2.31. The number of hydrogen-bond acceptors (Lipinski definition) is 3. The van der Waals surface area contributed by atoms with Crippen molar-refractivity contribution >= 4 is 27.7 Å². The molecular weight excluding hydrogens is 342 g/mol. The van der Waals surface area contributed by atoms with E-state index >= 15 is 0 Å². The van der Waals surface area contributed by atoms with Gasteiger partial charge < -0.3 is 0 Å². The number of nitrogens with zero attached hydrogens (tertiary/aromatic N) is 1. The second kappa shape index (κ2) is 7.54. The predicted octanol–water partition coefficient (Wildman–Crippen LogP) is 3.11. The number of guanidine groups is 1. The molecule has 25 heavy (non-hydrogen) atoms. The molecular formula is C17H22N3O4S+. The Balaban J connectivity index is 2.52. The van der Waals surface area contributed by atoms with E-state index in [2.05, 4.69) is 10.6 Å². The van der Waals surface area contributed by atoms with Crippen LogP contribution in [0.4, 0.5) is 11.4 Å². The molecule has 0 fully saturated rings. The Morgan fingerprint density at radius 2 is 1.32 bits per heavy atom. The molecule has 134 valence electrons. The third-order valence-corrected chi connectivity index (χ3v) is 3.39. The molecule has 2 rings (SSSR count). The van der Waals surface area contributed by atoms with Gasteiger partial charge >= 0.3 is 16.4 Å². The number of anilines is 2. The van der Waals surface area contributed by atoms with Crippen LogP contribution in [0.25, 0.3) is 0 Å². The number of para-hydroxylation sites is 2. The molecule has 0 unspecified atom stereocenters. The molecule has 0 aromatic heterocycles. The van der Waals surface area contributed by atoms with Gasteiger partial charge in [0.1, 0.15) is 5.54 Å². The molecule has 0 heterocycles. The standard InChI is InChI=1S/C17H21N3O4S/c1-17(2,3)20(24-25(21,22)23)16(18-14-10-6-4-7-11-14)19-15-12-8-5-9-13-15/h4-13H,1-3H3,(H2,18,19,21,22,23)/p+1. The molecule has 3 N–H and O–H groups in total. The van der Waals surface area contributed by atoms with E-state index in [0.29, 0.717) is 11.4 Å². The van der Waals surface area contributed by atoms with Crippen LogP contribution in [0.2, 0.25) is 0 Å². The molecule has 2 aromatic carbocycles. The van der Waals surface area contributed by atoms with Crippen molar-refractivity contribution < 1.29 is 22.0 Å². The minimum absolute atomic E-state index is 0.238. The van der Waals surface area contributed by atoms with Gasteiger partial charge in [-0.05, 0) is 45.0 Å². The van der Waals surface area contributed by atoms with Crippen molar-refractivity contribution in [2.75, 3.05) is 10.6 Å². The van der Waals surface area contributed by atoms with Crippen molar-refractivity contribution in [1.82, 2.24) is 0 Å². The highest BCUT2D eigenvalue weighted by Crippen LogP contribution is 2.15. The van der Waals surface area contributed by atoms with Gasteiger partial charge in [0.2, 0.25) is 0 Å². The first kappa shape index (κ1) is 18.8. The molecule has 0 spiro atoms. The molecule has 0 aliphatic heterocycles. The summed E-state index contributed by atoms with van der Waals surface area (Å²) in [7, 11) is -4.71. The van der Waals surface area contributed by atoms with Gasteiger partial charge in [0.05, 0.1) is 11.4 Å². The molecule has 0 radical (unpaired) electrons. The van der Waals surface area contributed by atoms with Gasteiger partial charge in [-0.1, -0.05) is 41.1 Å². The highest BCUT2D eigenvalue weighted by molar-refractivity contribution is 7.80. The molecule has 0 saturated heterocycles. The van der Waals surface area contributed by atoms with Crippen LogP contribution in [-0.2, 0) is 14.7 Å². The van der Waals surface area contributed by atoms with E-state index in [1.807, 2.05) is 60.7 Å². The third-order valence-electron chi connectivity index (χ3n) is 3.05. The number of benzene rings is 2. The summed E-state index contributed by atoms with van der Waals surface area (Å²) in [6.07, 6.45) is 0. The van der Waals surface area contributed by atoms with Crippen LogP contribution < -0.4 is 10.6 Å². The molecule has 0 amide bonds. The average Bonchev–Trinajstić information content (AvgIpc) is 2.52. The van der Waals surface area contributed by atoms with Crippen molar-refractivity contribution in [2.45, 2.75) is 26.3 Å². The highest BCUT2D eigenvalue weighted by atomic mass is 32.3. The van der Waals surface area contributed by atoms with Crippen LogP contribution >= 0.6 is 0 Å². The number of nitrogens with one attached hydrogen (secondary N) is 2. The van der Waals surface area contributed by atoms with Crippen molar-refractivity contribution in [3.05, 3.63) is 60.7 Å². The maximum atomic E-state index is 11.3. The predicted molar refractivity (Wildman–Crippen MR) is 97.8 cm³/mol. The third kappa shape index (κ3) is 6.09. The molecule has 8 heteroatoms. The SMILES string of the molecule is CC(C)(C)[N+](OS(=O)(=O)O)=C(Nc1ccccc1)Nc1ccccc1. The normalized spacial score (nSPS) is 11.5. The Morgan fingerprint density at radius 3 is 1.64 bits per heavy atom. The minimum atomic E-state index is -4.71. The maximum Gasteiger partial charge on any atom is 0.476 e. The van der Waals surface area contributed by atoms with Gasteiger partial charge in [-0.2, -0.15) is 8.42 Å². The largest absolute Gasteiger partial charge is 0.476 e. The fraction of sp³-hybridized carbons (Fsp3) is 0.235. The van der Waals surface area contributed by atoms with E-state index in [0.717, 1.165) is 4.74 Å². The lowest BCUT2D eigenvalue weighted by Gasteiger charge is -2.22. The van der Waals surface area contributed by atoms with Gasteiger partial charge in [-0.15, -0.1) is 0 Å². The second-order valence-corrected chi connectivity index (χ2v) is 7.30. The summed E-state index contributed by atoms with van der Waals surface area (Å²) in [5, 5.41) is 6.18. The number of hydroxylamine groups is 1. The molecule has 0 aliphatic carbocycles. The van der Waals surface area contributed by atoms with Gasteiger partial charge in [0.15, 0.2) is 0 Å². The summed E-state index contributed by atoms with van der Waals surface area (Å²) < 4.78 is 37.7. The zero-order valence-electron chi connectivity index (χ0n) is 14.3. The van der Waals surface area contributed by atoms with E-state index in [1.165, 1.54) is 0 Å². The van der Waals surface area contributed by atoms with E-state index in [9.17, 15) is 13.0 Å². The molecule has 0 saturated carbocycles. The molecule has 0 atom stereocenters. The lowest BCUT2D eigenvalue weighted by atomic mass is 10.1. The van der Waals surface area contributed by atoms with E-state index in [1.54, 1.807) is 20.8 Å². The summed E-state index contributed by atoms with van der Waals surface area (Å²) in [5.41, 5.74) is 0.651. The molecule has 0 bridgehead atoms. The Hall–Kier alpha value is -2.58. The fourth-order valence-electron chi connectivity index (χ4n) is 2.03. The van der Waals surface area contributed by atoms with Gasteiger partial charge in [-0.25, -0.2) is 14.9 Å². The Labute approximate surface area is 147 Å². The second-order valence-electron chi connectivity index (χ2n) is 6.30. The van der Waals surface area contributed by atoms with E-state index in [4.69, 9.17) is 4.28 Å². The van der Waals surface area contributed by atoms with Gasteiger partial charge in [-0.3, -0.25) is 4.55 Å². The van der Waals surface area contributed by atoms with Crippen molar-refractivity contribution in [3.8, 4) is 0 Å². The average molecular weight is 364 g/mol. The van der Waals surface area contributed by atoms with Crippen LogP contribution in [0, 0.1) is 0 Å². The number of rotatable bonds is 4. The minimum Gasteiger partial charge on any atom is -0.252 e. The summed E-state index contributed by atoms with van der Waals surface area (Å²) in [4.78, 5) is 0. The zero-order valence-corrected chi connectivity index (χ0v) is 15.1. The summed E-state index contributed by atoms with van der Waals surface area (Å²) in [6.45, 7) is 5.24. The first-order chi connectivity index (χ1) is 11.6. The number of hydrogen-bond donors (Lipinski definition) is 3. The molecule has 2 aromatic rings. The topological polar surface area (TPSA) is 90.7 Å². The summed E-state index contributed by atoms with van der Waals surface area (Å²) in [6, 6.07) is 18.4. The zero-order chi connectivity index (χ0) is 18.5. The molecule has 7 nitrogen and oxygen atoms in total. The van der Waals surface area contributed by atoms with Crippen LogP contribution in [0.5, 0.6) is 0 Å². The monoisotopic (exact) mass is 364 g/mol. The first-order valence-corrected chi connectivity index (χ1v) is 9.00. The van der Waals surface area contributed by atoms with Crippen molar-refractivity contribution in [2.24, 2.45) is 0 Å². The van der Waals surface area contributed by atoms with Crippen LogP contribution in [0.3, 0.4) is 0 Å². The summed E-state index contributed by atoms with van der Waals surface area (Å²) in [5.74, 6) is 0.238. The quantitative estimate of drug-likeness (QED) is 0.254. The van der Waals surface area contributed by atoms with Gasteiger partial charge in [0, 0.05) is 0 Å². The smallest absolute Gasteiger partial charge is 0.252 e. The molecule has 0 aliphatic rings. The van der Waals surface area contributed by atoms with Crippen molar-refractivity contribution in [1.29, 1.82) is 0 Å². The maximum absolute atomic E-state index is 11.3.